The van der Waals surface area contributed by atoms with Crippen molar-refractivity contribution in [1.82, 2.24) is 0 Å². The Morgan fingerprint density at radius 2 is 1.91 bits per heavy atom. The van der Waals surface area contributed by atoms with Gasteiger partial charge in [-0.3, -0.25) is 4.79 Å². The van der Waals surface area contributed by atoms with Crippen molar-refractivity contribution in [3.63, 3.8) is 0 Å². The lowest BCUT2D eigenvalue weighted by atomic mass is 9.84. The Labute approximate surface area is 140 Å². The first-order chi connectivity index (χ1) is 11.2. The Hall–Kier alpha value is -1.57. The molecule has 1 aromatic carbocycles. The van der Waals surface area contributed by atoms with Crippen LogP contribution in [0.2, 0.25) is 0 Å². The second-order valence-electron chi connectivity index (χ2n) is 6.61. The summed E-state index contributed by atoms with van der Waals surface area (Å²) in [5.74, 6) is 1.41. The first-order valence-electron chi connectivity index (χ1n) is 9.23. The van der Waals surface area contributed by atoms with Crippen molar-refractivity contribution in [1.29, 1.82) is 0 Å². The van der Waals surface area contributed by atoms with E-state index in [1.807, 2.05) is 12.1 Å². The summed E-state index contributed by atoms with van der Waals surface area (Å²) in [7, 11) is 0. The van der Waals surface area contributed by atoms with Crippen LogP contribution >= 0.6 is 0 Å². The summed E-state index contributed by atoms with van der Waals surface area (Å²) in [5, 5.41) is 0. The number of unbranched alkanes of at least 4 members (excludes halogenated alkanes) is 2. The van der Waals surface area contributed by atoms with Gasteiger partial charge >= 0.3 is 5.97 Å². The molecule has 0 radical (unpaired) electrons. The summed E-state index contributed by atoms with van der Waals surface area (Å²) >= 11 is 0. The molecule has 0 saturated heterocycles. The molecule has 2 nitrogen and oxygen atoms in total. The summed E-state index contributed by atoms with van der Waals surface area (Å²) in [4.78, 5) is 11.7. The average Bonchev–Trinajstić information content (AvgIpc) is 2.57. The molecule has 1 aliphatic rings. The molecule has 0 spiro atoms. The number of carbonyl (C=O) groups is 1. The summed E-state index contributed by atoms with van der Waals surface area (Å²) in [6.07, 6.45) is 12.3. The Balaban J connectivity index is 1.86. The number of benzene rings is 1. The zero-order valence-electron chi connectivity index (χ0n) is 14.6. The van der Waals surface area contributed by atoms with E-state index in [9.17, 15) is 4.79 Å². The molecule has 1 unspecified atom stereocenters. The van der Waals surface area contributed by atoms with Gasteiger partial charge in [0.05, 0.1) is 0 Å². The highest BCUT2D eigenvalue weighted by Gasteiger charge is 2.14. The summed E-state index contributed by atoms with van der Waals surface area (Å²) in [6, 6.07) is 8.01. The van der Waals surface area contributed by atoms with E-state index in [2.05, 4.69) is 32.1 Å². The van der Waals surface area contributed by atoms with Crippen LogP contribution in [0.15, 0.2) is 30.3 Å². The van der Waals surface area contributed by atoms with Crippen molar-refractivity contribution in [3.05, 3.63) is 35.9 Å². The molecular weight excluding hydrogens is 284 g/mol. The number of rotatable bonds is 8. The van der Waals surface area contributed by atoms with Crippen LogP contribution in [0.1, 0.15) is 77.2 Å². The highest BCUT2D eigenvalue weighted by molar-refractivity contribution is 5.73. The van der Waals surface area contributed by atoms with Crippen molar-refractivity contribution in [2.24, 2.45) is 5.92 Å². The van der Waals surface area contributed by atoms with Crippen LogP contribution in [-0.2, 0) is 4.79 Å². The number of allylic oxidation sites excluding steroid dienone is 2. The highest BCUT2D eigenvalue weighted by atomic mass is 16.5. The van der Waals surface area contributed by atoms with Crippen LogP contribution in [-0.4, -0.2) is 5.97 Å². The minimum atomic E-state index is -0.120. The lowest BCUT2D eigenvalue weighted by Gasteiger charge is -2.21. The van der Waals surface area contributed by atoms with E-state index in [-0.39, 0.29) is 5.97 Å². The van der Waals surface area contributed by atoms with Gasteiger partial charge in [0.2, 0.25) is 0 Å². The zero-order valence-corrected chi connectivity index (χ0v) is 14.6. The third-order valence-corrected chi connectivity index (χ3v) is 4.66. The fraction of sp³-hybridized carbons (Fsp3) is 0.571. The molecule has 0 aromatic heterocycles. The fourth-order valence-corrected chi connectivity index (χ4v) is 3.26. The molecule has 1 aliphatic carbocycles. The summed E-state index contributed by atoms with van der Waals surface area (Å²) in [5.41, 5.74) is 2.71. The maximum atomic E-state index is 11.7. The zero-order chi connectivity index (χ0) is 16.5. The lowest BCUT2D eigenvalue weighted by molar-refractivity contribution is -0.134. The number of hydrogen-bond donors (Lipinski definition) is 0. The van der Waals surface area contributed by atoms with E-state index in [0.717, 1.165) is 25.2 Å². The Bertz CT molecular complexity index is 513. The Morgan fingerprint density at radius 1 is 1.13 bits per heavy atom. The summed E-state index contributed by atoms with van der Waals surface area (Å²) < 4.78 is 5.39. The molecule has 2 heteroatoms. The number of hydrogen-bond acceptors (Lipinski definition) is 2. The SMILES string of the molecule is CCCCCC(=O)Oc1ccc(C2=CCC(CCC)CC2)cc1. The van der Waals surface area contributed by atoms with Gasteiger partial charge in [0.1, 0.15) is 5.75 Å². The minimum Gasteiger partial charge on any atom is -0.427 e. The third kappa shape index (κ3) is 5.85. The topological polar surface area (TPSA) is 26.3 Å². The van der Waals surface area contributed by atoms with Gasteiger partial charge in [0.15, 0.2) is 0 Å². The molecule has 0 amide bonds. The maximum Gasteiger partial charge on any atom is 0.311 e. The van der Waals surface area contributed by atoms with Crippen molar-refractivity contribution >= 4 is 11.5 Å². The van der Waals surface area contributed by atoms with Gasteiger partial charge in [0.25, 0.3) is 0 Å². The van der Waals surface area contributed by atoms with E-state index >= 15 is 0 Å². The molecule has 0 heterocycles. The van der Waals surface area contributed by atoms with E-state index in [0.29, 0.717) is 12.2 Å². The van der Waals surface area contributed by atoms with E-state index in [1.165, 1.54) is 43.2 Å². The minimum absolute atomic E-state index is 0.120. The van der Waals surface area contributed by atoms with E-state index < -0.39 is 0 Å². The molecule has 126 valence electrons. The van der Waals surface area contributed by atoms with Crippen LogP contribution in [0.25, 0.3) is 5.57 Å². The molecule has 0 N–H and O–H groups in total. The number of carbonyl (C=O) groups excluding carboxylic acids is 1. The van der Waals surface area contributed by atoms with E-state index in [4.69, 9.17) is 4.74 Å². The van der Waals surface area contributed by atoms with Crippen LogP contribution < -0.4 is 4.74 Å². The first-order valence-corrected chi connectivity index (χ1v) is 9.23. The second-order valence-corrected chi connectivity index (χ2v) is 6.61. The summed E-state index contributed by atoms with van der Waals surface area (Å²) in [6.45, 7) is 4.40. The van der Waals surface area contributed by atoms with Gasteiger partial charge in [-0.05, 0) is 54.9 Å². The molecule has 0 fully saturated rings. The smallest absolute Gasteiger partial charge is 0.311 e. The second kappa shape index (κ2) is 9.54. The predicted molar refractivity (Wildman–Crippen MR) is 96.4 cm³/mol. The van der Waals surface area contributed by atoms with Gasteiger partial charge in [0, 0.05) is 6.42 Å². The van der Waals surface area contributed by atoms with E-state index in [1.54, 1.807) is 0 Å². The van der Waals surface area contributed by atoms with Gasteiger partial charge in [-0.15, -0.1) is 0 Å². The number of ether oxygens (including phenoxy) is 1. The van der Waals surface area contributed by atoms with Crippen molar-refractivity contribution in [2.75, 3.05) is 0 Å². The van der Waals surface area contributed by atoms with Gasteiger partial charge in [-0.1, -0.05) is 57.7 Å². The molecule has 1 atom stereocenters. The number of esters is 1. The quantitative estimate of drug-likeness (QED) is 0.326. The Morgan fingerprint density at radius 3 is 2.52 bits per heavy atom. The normalized spacial score (nSPS) is 17.7. The monoisotopic (exact) mass is 314 g/mol. The molecule has 1 aromatic rings. The molecule has 0 aliphatic heterocycles. The molecule has 23 heavy (non-hydrogen) atoms. The van der Waals surface area contributed by atoms with Crippen molar-refractivity contribution in [2.45, 2.75) is 71.6 Å². The lowest BCUT2D eigenvalue weighted by Crippen LogP contribution is -2.07. The highest BCUT2D eigenvalue weighted by Crippen LogP contribution is 2.32. The standard InChI is InChI=1S/C21H30O2/c1-3-5-6-8-21(22)23-20-15-13-19(14-16-20)18-11-9-17(7-4-2)10-12-18/h11,13-17H,3-10,12H2,1-2H3. The molecule has 0 bridgehead atoms. The predicted octanol–water partition coefficient (Wildman–Crippen LogP) is 6.16. The molecule has 2 rings (SSSR count). The van der Waals surface area contributed by atoms with Gasteiger partial charge in [-0.25, -0.2) is 0 Å². The van der Waals surface area contributed by atoms with Crippen molar-refractivity contribution < 1.29 is 9.53 Å². The third-order valence-electron chi connectivity index (χ3n) is 4.66. The average molecular weight is 314 g/mol. The van der Waals surface area contributed by atoms with Crippen LogP contribution in [0, 0.1) is 5.92 Å². The maximum absolute atomic E-state index is 11.7. The fourth-order valence-electron chi connectivity index (χ4n) is 3.26. The Kier molecular flexibility index (Phi) is 7.38. The van der Waals surface area contributed by atoms with Crippen LogP contribution in [0.4, 0.5) is 0 Å². The largest absolute Gasteiger partial charge is 0.427 e. The van der Waals surface area contributed by atoms with Gasteiger partial charge < -0.3 is 4.74 Å². The van der Waals surface area contributed by atoms with Crippen LogP contribution in [0.3, 0.4) is 0 Å². The van der Waals surface area contributed by atoms with Crippen molar-refractivity contribution in [3.8, 4) is 5.75 Å². The first kappa shape index (κ1) is 17.8. The van der Waals surface area contributed by atoms with Gasteiger partial charge in [-0.2, -0.15) is 0 Å². The molecule has 0 saturated carbocycles. The molecular formula is C21H30O2. The van der Waals surface area contributed by atoms with Crippen LogP contribution in [0.5, 0.6) is 5.75 Å².